The first-order chi connectivity index (χ1) is 10.0. The minimum absolute atomic E-state index is 0.113. The number of pyridine rings is 1. The second-order valence-corrected chi connectivity index (χ2v) is 5.20. The molecular formula is C17H22N4. The van der Waals surface area contributed by atoms with Gasteiger partial charge in [0.05, 0.1) is 12.2 Å². The van der Waals surface area contributed by atoms with E-state index in [0.717, 1.165) is 41.3 Å². The maximum atomic E-state index is 7.56. The molecule has 0 bridgehead atoms. The van der Waals surface area contributed by atoms with Crippen LogP contribution in [0.15, 0.2) is 36.4 Å². The highest BCUT2D eigenvalue weighted by atomic mass is 15.1. The average Bonchev–Trinajstić information content (AvgIpc) is 2.44. The monoisotopic (exact) mass is 282 g/mol. The molecule has 0 fully saturated rings. The molecule has 2 aromatic rings. The molecule has 0 aliphatic heterocycles. The van der Waals surface area contributed by atoms with Crippen LogP contribution in [0.25, 0.3) is 0 Å². The van der Waals surface area contributed by atoms with E-state index in [4.69, 9.17) is 11.1 Å². The van der Waals surface area contributed by atoms with Crippen LogP contribution >= 0.6 is 0 Å². The molecule has 1 aromatic carbocycles. The van der Waals surface area contributed by atoms with E-state index in [1.165, 1.54) is 0 Å². The molecule has 3 N–H and O–H groups in total. The van der Waals surface area contributed by atoms with Crippen LogP contribution in [0.3, 0.4) is 0 Å². The van der Waals surface area contributed by atoms with Crippen molar-refractivity contribution in [2.75, 3.05) is 11.4 Å². The van der Waals surface area contributed by atoms with Gasteiger partial charge in [0.1, 0.15) is 5.84 Å². The summed E-state index contributed by atoms with van der Waals surface area (Å²) < 4.78 is 0. The predicted octanol–water partition coefficient (Wildman–Crippen LogP) is 3.01. The summed E-state index contributed by atoms with van der Waals surface area (Å²) in [6.45, 7) is 7.79. The van der Waals surface area contributed by atoms with Gasteiger partial charge in [0.2, 0.25) is 0 Å². The zero-order valence-corrected chi connectivity index (χ0v) is 12.9. The van der Waals surface area contributed by atoms with Crippen LogP contribution in [0, 0.1) is 19.3 Å². The van der Waals surface area contributed by atoms with Gasteiger partial charge in [-0.15, -0.1) is 0 Å². The van der Waals surface area contributed by atoms with E-state index >= 15 is 0 Å². The molecule has 0 atom stereocenters. The Kier molecular flexibility index (Phi) is 4.58. The van der Waals surface area contributed by atoms with Gasteiger partial charge in [-0.3, -0.25) is 10.4 Å². The molecule has 2 rings (SSSR count). The lowest BCUT2D eigenvalue weighted by molar-refractivity contribution is 0.805. The Balaban J connectivity index is 2.25. The van der Waals surface area contributed by atoms with Crippen molar-refractivity contribution in [3.63, 3.8) is 0 Å². The van der Waals surface area contributed by atoms with Gasteiger partial charge in [0, 0.05) is 23.5 Å². The molecule has 21 heavy (non-hydrogen) atoms. The van der Waals surface area contributed by atoms with Gasteiger partial charge in [-0.25, -0.2) is 0 Å². The van der Waals surface area contributed by atoms with Gasteiger partial charge in [0.15, 0.2) is 0 Å². The van der Waals surface area contributed by atoms with Crippen molar-refractivity contribution in [1.82, 2.24) is 4.98 Å². The Morgan fingerprint density at radius 2 is 2.00 bits per heavy atom. The van der Waals surface area contributed by atoms with Crippen LogP contribution in [0.4, 0.5) is 5.69 Å². The maximum absolute atomic E-state index is 7.56. The normalized spacial score (nSPS) is 10.4. The molecule has 0 amide bonds. The molecule has 4 heteroatoms. The Morgan fingerprint density at radius 3 is 2.57 bits per heavy atom. The number of anilines is 1. The van der Waals surface area contributed by atoms with Crippen molar-refractivity contribution in [2.24, 2.45) is 5.73 Å². The smallest absolute Gasteiger partial charge is 0.123 e. The lowest BCUT2D eigenvalue weighted by Crippen LogP contribution is -2.23. The first kappa shape index (κ1) is 15.0. The van der Waals surface area contributed by atoms with Crippen LogP contribution in [0.1, 0.15) is 29.4 Å². The molecule has 1 aromatic heterocycles. The molecule has 110 valence electrons. The Bertz CT molecular complexity index is 649. The van der Waals surface area contributed by atoms with Crippen molar-refractivity contribution in [3.05, 3.63) is 58.9 Å². The van der Waals surface area contributed by atoms with E-state index in [1.54, 1.807) is 0 Å². The van der Waals surface area contributed by atoms with Crippen molar-refractivity contribution in [2.45, 2.75) is 27.3 Å². The zero-order valence-electron chi connectivity index (χ0n) is 12.9. The Hall–Kier alpha value is -2.36. The summed E-state index contributed by atoms with van der Waals surface area (Å²) in [4.78, 5) is 6.82. The number of hydrogen-bond acceptors (Lipinski definition) is 3. The molecular weight excluding hydrogens is 260 g/mol. The standard InChI is InChI=1S/C17H22N4/c1-4-21(11-14-7-5-6-13(3)20-14)15-8-9-16(17(18)19)12(2)10-15/h5-10H,4,11H2,1-3H3,(H3,18,19). The number of nitrogens with zero attached hydrogens (tertiary/aromatic N) is 2. The first-order valence-corrected chi connectivity index (χ1v) is 7.13. The van der Waals surface area contributed by atoms with E-state index in [2.05, 4.69) is 22.9 Å². The fraction of sp³-hybridized carbons (Fsp3) is 0.294. The number of amidine groups is 1. The van der Waals surface area contributed by atoms with Crippen LogP contribution in [-0.4, -0.2) is 17.4 Å². The van der Waals surface area contributed by atoms with Gasteiger partial charge in [-0.1, -0.05) is 6.07 Å². The molecule has 0 saturated heterocycles. The van der Waals surface area contributed by atoms with Gasteiger partial charge in [-0.2, -0.15) is 0 Å². The van der Waals surface area contributed by atoms with Crippen molar-refractivity contribution < 1.29 is 0 Å². The summed E-state index contributed by atoms with van der Waals surface area (Å²) in [6.07, 6.45) is 0. The van der Waals surface area contributed by atoms with Crippen molar-refractivity contribution in [1.29, 1.82) is 5.41 Å². The van der Waals surface area contributed by atoms with Crippen LogP contribution < -0.4 is 10.6 Å². The molecule has 0 unspecified atom stereocenters. The third-order valence-electron chi connectivity index (χ3n) is 3.55. The summed E-state index contributed by atoms with van der Waals surface area (Å²) in [7, 11) is 0. The Labute approximate surface area is 126 Å². The molecule has 1 heterocycles. The minimum Gasteiger partial charge on any atom is -0.384 e. The Morgan fingerprint density at radius 1 is 1.24 bits per heavy atom. The van der Waals surface area contributed by atoms with E-state index in [1.807, 2.05) is 44.2 Å². The highest BCUT2D eigenvalue weighted by Gasteiger charge is 2.09. The quantitative estimate of drug-likeness (QED) is 0.654. The summed E-state index contributed by atoms with van der Waals surface area (Å²) in [5.41, 5.74) is 10.6. The third-order valence-corrected chi connectivity index (χ3v) is 3.55. The number of nitrogens with one attached hydrogen (secondary N) is 1. The number of nitrogen functional groups attached to an aromatic ring is 1. The van der Waals surface area contributed by atoms with E-state index in [-0.39, 0.29) is 5.84 Å². The predicted molar refractivity (Wildman–Crippen MR) is 87.9 cm³/mol. The molecule has 0 aliphatic rings. The number of nitrogens with two attached hydrogens (primary N) is 1. The van der Waals surface area contributed by atoms with Gasteiger partial charge in [-0.05, 0) is 56.7 Å². The molecule has 0 saturated carbocycles. The summed E-state index contributed by atoms with van der Waals surface area (Å²) in [5.74, 6) is 0.113. The number of hydrogen-bond donors (Lipinski definition) is 2. The average molecular weight is 282 g/mol. The van der Waals surface area contributed by atoms with Gasteiger partial charge >= 0.3 is 0 Å². The lowest BCUT2D eigenvalue weighted by Gasteiger charge is -2.24. The second-order valence-electron chi connectivity index (χ2n) is 5.20. The summed E-state index contributed by atoms with van der Waals surface area (Å²) in [6, 6.07) is 12.1. The topological polar surface area (TPSA) is 66.0 Å². The van der Waals surface area contributed by atoms with E-state index in [9.17, 15) is 0 Å². The lowest BCUT2D eigenvalue weighted by atomic mass is 10.1. The highest BCUT2D eigenvalue weighted by molar-refractivity contribution is 5.96. The second kappa shape index (κ2) is 6.39. The third kappa shape index (κ3) is 3.60. The van der Waals surface area contributed by atoms with E-state index in [0.29, 0.717) is 0 Å². The van der Waals surface area contributed by atoms with Gasteiger partial charge in [0.25, 0.3) is 0 Å². The highest BCUT2D eigenvalue weighted by Crippen LogP contribution is 2.20. The van der Waals surface area contributed by atoms with Crippen molar-refractivity contribution >= 4 is 11.5 Å². The number of aryl methyl sites for hydroxylation is 2. The molecule has 0 spiro atoms. The number of benzene rings is 1. The molecule has 0 aliphatic carbocycles. The first-order valence-electron chi connectivity index (χ1n) is 7.13. The summed E-state index contributed by atoms with van der Waals surface area (Å²) in [5, 5.41) is 7.56. The summed E-state index contributed by atoms with van der Waals surface area (Å²) >= 11 is 0. The fourth-order valence-electron chi connectivity index (χ4n) is 2.42. The van der Waals surface area contributed by atoms with Crippen LogP contribution in [0.5, 0.6) is 0 Å². The van der Waals surface area contributed by atoms with Crippen LogP contribution in [0.2, 0.25) is 0 Å². The zero-order chi connectivity index (χ0) is 15.4. The van der Waals surface area contributed by atoms with Crippen LogP contribution in [-0.2, 0) is 6.54 Å². The molecule has 4 nitrogen and oxygen atoms in total. The largest absolute Gasteiger partial charge is 0.384 e. The van der Waals surface area contributed by atoms with Gasteiger partial charge < -0.3 is 10.6 Å². The van der Waals surface area contributed by atoms with E-state index < -0.39 is 0 Å². The number of aromatic nitrogens is 1. The molecule has 0 radical (unpaired) electrons. The minimum atomic E-state index is 0.113. The fourth-order valence-corrected chi connectivity index (χ4v) is 2.42. The number of rotatable bonds is 5. The maximum Gasteiger partial charge on any atom is 0.123 e. The van der Waals surface area contributed by atoms with Crippen molar-refractivity contribution in [3.8, 4) is 0 Å². The SMILES string of the molecule is CCN(Cc1cccc(C)n1)c1ccc(C(=N)N)c(C)c1.